The molecule has 6 nitrogen and oxygen atoms in total. The lowest BCUT2D eigenvalue weighted by molar-refractivity contribution is -0.147. The van der Waals surface area contributed by atoms with Gasteiger partial charge in [-0.1, -0.05) is 5.73 Å². The summed E-state index contributed by atoms with van der Waals surface area (Å²) in [6.07, 6.45) is -11.3. The molecule has 0 unspecified atom stereocenters. The van der Waals surface area contributed by atoms with Gasteiger partial charge in [-0.3, -0.25) is 9.59 Å². The molecule has 0 aromatic heterocycles. The van der Waals surface area contributed by atoms with Crippen LogP contribution in [0.15, 0.2) is 33.6 Å². The van der Waals surface area contributed by atoms with Crippen LogP contribution in [0.1, 0.15) is 25.7 Å². The molecule has 0 bridgehead atoms. The van der Waals surface area contributed by atoms with E-state index in [9.17, 15) is 44.7 Å². The van der Waals surface area contributed by atoms with E-state index in [2.05, 4.69) is 4.99 Å². The van der Waals surface area contributed by atoms with E-state index in [4.69, 9.17) is 5.73 Å². The number of halogens is 8. The van der Waals surface area contributed by atoms with Gasteiger partial charge in [0.2, 0.25) is 11.8 Å². The Balaban J connectivity index is 1.72. The average Bonchev–Trinajstić information content (AvgIpc) is 2.89. The monoisotopic (exact) mass is 500 g/mol. The number of carbonyl (C=O) groups is 2. The molecule has 2 amide bonds. The highest BCUT2D eigenvalue weighted by atomic mass is 19.4. The topological polar surface area (TPSA) is 79.0 Å². The van der Waals surface area contributed by atoms with E-state index in [1.807, 2.05) is 0 Å². The number of nitrogens with two attached hydrogens (primary N) is 1. The molecular weight excluding hydrogens is 480 g/mol. The number of alkyl halides is 8. The van der Waals surface area contributed by atoms with Crippen molar-refractivity contribution in [2.75, 3.05) is 26.2 Å². The first-order chi connectivity index (χ1) is 15.6. The number of aliphatic imine (C=N–C) groups is 1. The summed E-state index contributed by atoms with van der Waals surface area (Å²) in [4.78, 5) is 29.2. The lowest BCUT2D eigenvalue weighted by atomic mass is 9.95. The molecule has 1 saturated heterocycles. The standard InChI is InChI=1S/C20H20F8N4O2/c21-18(22)5-3-15(33)32(10-18)9-12(29)7-16(34)31-6-4-13-11(8-31)1-2-14(19(23,24)25)30-17(13)20(26,27)28/h1,12H,3-10,29H2/t12-/m0/s1. The molecule has 34 heavy (non-hydrogen) atoms. The van der Waals surface area contributed by atoms with Crippen molar-refractivity contribution in [3.05, 3.63) is 28.7 Å². The van der Waals surface area contributed by atoms with Gasteiger partial charge in [0.25, 0.3) is 5.92 Å². The quantitative estimate of drug-likeness (QED) is 0.476. The van der Waals surface area contributed by atoms with Crippen molar-refractivity contribution in [2.24, 2.45) is 10.7 Å². The van der Waals surface area contributed by atoms with Crippen LogP contribution >= 0.6 is 0 Å². The smallest absolute Gasteiger partial charge is 0.338 e. The summed E-state index contributed by atoms with van der Waals surface area (Å²) in [6.45, 7) is -1.82. The number of amides is 2. The number of piperidine rings is 1. The first-order valence-electron chi connectivity index (χ1n) is 10.2. The van der Waals surface area contributed by atoms with Gasteiger partial charge in [0.15, 0.2) is 5.70 Å². The maximum atomic E-state index is 13.6. The normalized spacial score (nSPS) is 22.2. The van der Waals surface area contributed by atoms with Crippen LogP contribution in [0.25, 0.3) is 0 Å². The Morgan fingerprint density at radius 2 is 1.85 bits per heavy atom. The minimum Gasteiger partial charge on any atom is -0.338 e. The van der Waals surface area contributed by atoms with E-state index in [0.29, 0.717) is 0 Å². The highest BCUT2D eigenvalue weighted by Gasteiger charge is 2.44. The van der Waals surface area contributed by atoms with Gasteiger partial charge in [-0.15, -0.1) is 0 Å². The fourth-order valence-electron chi connectivity index (χ4n) is 3.91. The van der Waals surface area contributed by atoms with E-state index in [1.54, 1.807) is 5.73 Å². The second-order valence-electron chi connectivity index (χ2n) is 8.26. The fraction of sp³-hybridized carbons (Fsp3) is 0.600. The Bertz CT molecular complexity index is 990. The van der Waals surface area contributed by atoms with Gasteiger partial charge in [-0.2, -0.15) is 26.3 Å². The van der Waals surface area contributed by atoms with Crippen molar-refractivity contribution < 1.29 is 44.7 Å². The van der Waals surface area contributed by atoms with Gasteiger partial charge >= 0.3 is 12.4 Å². The molecule has 0 aliphatic carbocycles. The molecule has 14 heteroatoms. The van der Waals surface area contributed by atoms with Crippen molar-refractivity contribution >= 4 is 17.5 Å². The number of rotatable bonds is 4. The zero-order valence-electron chi connectivity index (χ0n) is 17.6. The predicted molar refractivity (Wildman–Crippen MR) is 103 cm³/mol. The third-order valence-corrected chi connectivity index (χ3v) is 5.53. The summed E-state index contributed by atoms with van der Waals surface area (Å²) < 4.78 is 106. The van der Waals surface area contributed by atoms with Crippen LogP contribution in [0.4, 0.5) is 35.1 Å². The second-order valence-corrected chi connectivity index (χ2v) is 8.26. The van der Waals surface area contributed by atoms with Crippen molar-refractivity contribution in [1.82, 2.24) is 9.80 Å². The lowest BCUT2D eigenvalue weighted by Crippen LogP contribution is -2.51. The summed E-state index contributed by atoms with van der Waals surface area (Å²) in [5, 5.41) is 0. The van der Waals surface area contributed by atoms with Crippen LogP contribution < -0.4 is 5.73 Å². The zero-order valence-corrected chi connectivity index (χ0v) is 17.6. The van der Waals surface area contributed by atoms with Crippen molar-refractivity contribution in [1.29, 1.82) is 0 Å². The Morgan fingerprint density at radius 3 is 2.47 bits per heavy atom. The molecule has 0 spiro atoms. The van der Waals surface area contributed by atoms with Crippen LogP contribution in [0.5, 0.6) is 0 Å². The molecule has 3 heterocycles. The summed E-state index contributed by atoms with van der Waals surface area (Å²) in [6, 6.07) is -1.02. The zero-order chi connectivity index (χ0) is 25.5. The van der Waals surface area contributed by atoms with Gasteiger partial charge in [0.1, 0.15) is 5.71 Å². The average molecular weight is 500 g/mol. The van der Waals surface area contributed by atoms with Crippen molar-refractivity contribution in [3.63, 3.8) is 0 Å². The highest BCUT2D eigenvalue weighted by Crippen LogP contribution is 2.35. The molecule has 0 radical (unpaired) electrons. The third-order valence-electron chi connectivity index (χ3n) is 5.53. The molecule has 3 rings (SSSR count). The number of hydrogen-bond acceptors (Lipinski definition) is 4. The minimum absolute atomic E-state index is 0.200. The summed E-state index contributed by atoms with van der Waals surface area (Å²) >= 11 is 0. The van der Waals surface area contributed by atoms with Gasteiger partial charge in [-0.25, -0.2) is 13.8 Å². The molecule has 188 valence electrons. The predicted octanol–water partition coefficient (Wildman–Crippen LogP) is 3.11. The summed E-state index contributed by atoms with van der Waals surface area (Å²) in [7, 11) is 0. The molecule has 1 fully saturated rings. The Kier molecular flexibility index (Phi) is 6.96. The summed E-state index contributed by atoms with van der Waals surface area (Å²) in [5.41, 5.74) is 3.39. The SMILES string of the molecule is N[C@@H](CC(=O)N1CCC2=C(C=C=C(C(F)(F)F)N=C2C(F)(F)F)C1)CN1CC(F)(F)CCC1=O. The van der Waals surface area contributed by atoms with E-state index in [-0.39, 0.29) is 25.1 Å². The molecule has 2 N–H and O–H groups in total. The van der Waals surface area contributed by atoms with Gasteiger partial charge in [0, 0.05) is 44.9 Å². The van der Waals surface area contributed by atoms with Gasteiger partial charge in [0.05, 0.1) is 6.54 Å². The van der Waals surface area contributed by atoms with E-state index in [0.717, 1.165) is 15.9 Å². The highest BCUT2D eigenvalue weighted by molar-refractivity contribution is 6.06. The number of carbonyl (C=O) groups excluding carboxylic acids is 2. The van der Waals surface area contributed by atoms with E-state index < -0.39 is 85.5 Å². The van der Waals surface area contributed by atoms with Crippen LogP contribution in [0, 0.1) is 0 Å². The molecule has 3 aliphatic rings. The molecule has 1 atom stereocenters. The summed E-state index contributed by atoms with van der Waals surface area (Å²) in [5.74, 6) is -4.24. The van der Waals surface area contributed by atoms with Crippen LogP contribution in [-0.4, -0.2) is 77.8 Å². The molecule has 0 aromatic rings. The minimum atomic E-state index is -5.16. The fourth-order valence-corrected chi connectivity index (χ4v) is 3.91. The van der Waals surface area contributed by atoms with Gasteiger partial charge < -0.3 is 15.5 Å². The number of nitrogens with zero attached hydrogens (tertiary/aromatic N) is 3. The first kappa shape index (κ1) is 25.9. The lowest BCUT2D eigenvalue weighted by Gasteiger charge is -2.35. The molecule has 0 saturated carbocycles. The molecular formula is C20H20F8N4O2. The third kappa shape index (κ3) is 6.03. The Labute approximate surface area is 188 Å². The van der Waals surface area contributed by atoms with Crippen LogP contribution in [0.2, 0.25) is 0 Å². The van der Waals surface area contributed by atoms with Crippen molar-refractivity contribution in [2.45, 2.75) is 50.0 Å². The van der Waals surface area contributed by atoms with E-state index >= 15 is 0 Å². The first-order valence-corrected chi connectivity index (χ1v) is 10.2. The largest absolute Gasteiger partial charge is 0.440 e. The van der Waals surface area contributed by atoms with Crippen molar-refractivity contribution in [3.8, 4) is 0 Å². The van der Waals surface area contributed by atoms with E-state index in [1.165, 1.54) is 0 Å². The Hall–Kier alpha value is -2.73. The molecule has 0 aromatic carbocycles. The maximum Gasteiger partial charge on any atom is 0.440 e. The second kappa shape index (κ2) is 9.14. The van der Waals surface area contributed by atoms with Gasteiger partial charge in [-0.05, 0) is 23.6 Å². The molecule has 3 aliphatic heterocycles. The number of hydrogen-bond donors (Lipinski definition) is 1. The van der Waals surface area contributed by atoms with Crippen LogP contribution in [-0.2, 0) is 9.59 Å². The Morgan fingerprint density at radius 1 is 1.18 bits per heavy atom. The number of likely N-dealkylation sites (tertiary alicyclic amines) is 1. The van der Waals surface area contributed by atoms with Crippen LogP contribution in [0.3, 0.4) is 0 Å². The maximum absolute atomic E-state index is 13.6.